The maximum Gasteiger partial charge on any atom is 0.191 e. The van der Waals surface area contributed by atoms with Crippen molar-refractivity contribution in [2.75, 3.05) is 47.1 Å². The Bertz CT molecular complexity index is 565. The summed E-state index contributed by atoms with van der Waals surface area (Å²) >= 11 is 0. The predicted molar refractivity (Wildman–Crippen MR) is 123 cm³/mol. The van der Waals surface area contributed by atoms with Gasteiger partial charge in [0, 0.05) is 31.7 Å². The molecular weight excluding hydrogens is 457 g/mol. The molecule has 1 aromatic rings. The van der Waals surface area contributed by atoms with E-state index in [-0.39, 0.29) is 29.4 Å². The molecule has 0 unspecified atom stereocenters. The molecule has 0 saturated heterocycles. The number of rotatable bonds is 11. The zero-order valence-corrected chi connectivity index (χ0v) is 19.9. The summed E-state index contributed by atoms with van der Waals surface area (Å²) in [5, 5.41) is 6.65. The molecular formula is C20H36IN3O3. The Labute approximate surface area is 181 Å². The highest BCUT2D eigenvalue weighted by Gasteiger charge is 2.22. The molecule has 1 aromatic carbocycles. The zero-order chi connectivity index (χ0) is 19.4. The number of nitrogens with one attached hydrogen (secondary N) is 2. The number of hydrogen-bond donors (Lipinski definition) is 2. The normalized spacial score (nSPS) is 11.6. The molecule has 0 radical (unpaired) electrons. The van der Waals surface area contributed by atoms with Gasteiger partial charge in [0.1, 0.15) is 0 Å². The predicted octanol–water partition coefficient (Wildman–Crippen LogP) is 3.58. The summed E-state index contributed by atoms with van der Waals surface area (Å²) in [5.74, 6) is 2.31. The fourth-order valence-corrected chi connectivity index (χ4v) is 2.49. The highest BCUT2D eigenvalue weighted by Crippen LogP contribution is 2.33. The average Bonchev–Trinajstić information content (AvgIpc) is 2.65. The second-order valence-corrected chi connectivity index (χ2v) is 6.63. The molecule has 0 heterocycles. The molecule has 6 nitrogen and oxygen atoms in total. The van der Waals surface area contributed by atoms with Gasteiger partial charge in [-0.2, -0.15) is 0 Å². The van der Waals surface area contributed by atoms with Crippen LogP contribution in [-0.2, 0) is 10.2 Å². The topological polar surface area (TPSA) is 64.1 Å². The Balaban J connectivity index is 0.00000676. The number of guanidine groups is 1. The van der Waals surface area contributed by atoms with Gasteiger partial charge in [0.25, 0.3) is 0 Å². The lowest BCUT2D eigenvalue weighted by Gasteiger charge is -2.25. The van der Waals surface area contributed by atoms with E-state index >= 15 is 0 Å². The van der Waals surface area contributed by atoms with E-state index in [0.717, 1.165) is 55.7 Å². The zero-order valence-electron chi connectivity index (χ0n) is 17.6. The van der Waals surface area contributed by atoms with Crippen LogP contribution in [0.5, 0.6) is 11.5 Å². The van der Waals surface area contributed by atoms with E-state index in [9.17, 15) is 0 Å². The molecule has 0 bridgehead atoms. The number of benzene rings is 1. The van der Waals surface area contributed by atoms with Crippen molar-refractivity contribution in [3.63, 3.8) is 0 Å². The molecule has 1 rings (SSSR count). The summed E-state index contributed by atoms with van der Waals surface area (Å²) in [6.07, 6.45) is 0.956. The van der Waals surface area contributed by atoms with Crippen LogP contribution in [0.4, 0.5) is 0 Å². The van der Waals surface area contributed by atoms with Crippen LogP contribution in [0.2, 0.25) is 0 Å². The van der Waals surface area contributed by atoms with Gasteiger partial charge in [0.15, 0.2) is 17.5 Å². The van der Waals surface area contributed by atoms with Crippen molar-refractivity contribution in [3.8, 4) is 11.5 Å². The SMILES string of the molecule is CCNC(=NCC(C)(C)c1ccc(OC)c(OC)c1)NCCCOCC.I. The van der Waals surface area contributed by atoms with Crippen LogP contribution in [0.3, 0.4) is 0 Å². The van der Waals surface area contributed by atoms with E-state index in [4.69, 9.17) is 19.2 Å². The van der Waals surface area contributed by atoms with Crippen molar-refractivity contribution in [2.24, 2.45) is 4.99 Å². The Morgan fingerprint density at radius 2 is 1.78 bits per heavy atom. The third-order valence-electron chi connectivity index (χ3n) is 4.10. The van der Waals surface area contributed by atoms with Gasteiger partial charge in [-0.15, -0.1) is 24.0 Å². The Morgan fingerprint density at radius 1 is 1.07 bits per heavy atom. The number of ether oxygens (including phenoxy) is 3. The highest BCUT2D eigenvalue weighted by atomic mass is 127. The van der Waals surface area contributed by atoms with Gasteiger partial charge in [-0.3, -0.25) is 4.99 Å². The largest absolute Gasteiger partial charge is 0.493 e. The summed E-state index contributed by atoms with van der Waals surface area (Å²) < 4.78 is 16.1. The first-order chi connectivity index (χ1) is 12.5. The van der Waals surface area contributed by atoms with Gasteiger partial charge in [0.2, 0.25) is 0 Å². The monoisotopic (exact) mass is 493 g/mol. The van der Waals surface area contributed by atoms with Crippen molar-refractivity contribution < 1.29 is 14.2 Å². The van der Waals surface area contributed by atoms with E-state index in [2.05, 4.69) is 37.5 Å². The maximum atomic E-state index is 5.42. The number of methoxy groups -OCH3 is 2. The van der Waals surface area contributed by atoms with Crippen LogP contribution >= 0.6 is 24.0 Å². The third-order valence-corrected chi connectivity index (χ3v) is 4.10. The number of halogens is 1. The Morgan fingerprint density at radius 3 is 2.37 bits per heavy atom. The van der Waals surface area contributed by atoms with Crippen molar-refractivity contribution in [3.05, 3.63) is 23.8 Å². The van der Waals surface area contributed by atoms with Crippen LogP contribution in [0.15, 0.2) is 23.2 Å². The average molecular weight is 493 g/mol. The van der Waals surface area contributed by atoms with E-state index in [1.807, 2.05) is 19.1 Å². The lowest BCUT2D eigenvalue weighted by Crippen LogP contribution is -2.39. The molecule has 2 N–H and O–H groups in total. The first-order valence-corrected chi connectivity index (χ1v) is 9.30. The van der Waals surface area contributed by atoms with Crippen LogP contribution in [0.25, 0.3) is 0 Å². The minimum Gasteiger partial charge on any atom is -0.493 e. The summed E-state index contributed by atoms with van der Waals surface area (Å²) in [6, 6.07) is 6.03. The molecule has 0 spiro atoms. The molecule has 0 fully saturated rings. The Kier molecular flexibility index (Phi) is 13.2. The number of hydrogen-bond acceptors (Lipinski definition) is 4. The van der Waals surface area contributed by atoms with Gasteiger partial charge in [-0.25, -0.2) is 0 Å². The standard InChI is InChI=1S/C20H35N3O3.HI/c1-7-21-19(22-12-9-13-26-8-2)23-15-20(3,4)16-10-11-17(24-5)18(14-16)25-6;/h10-11,14H,7-9,12-13,15H2,1-6H3,(H2,21,22,23);1H. The van der Waals surface area contributed by atoms with Gasteiger partial charge in [0.05, 0.1) is 20.8 Å². The molecule has 7 heteroatoms. The quantitative estimate of drug-likeness (QED) is 0.214. The molecule has 0 aliphatic heterocycles. The molecule has 0 amide bonds. The first kappa shape index (κ1) is 25.8. The molecule has 0 aliphatic rings. The van der Waals surface area contributed by atoms with E-state index in [1.165, 1.54) is 0 Å². The minimum absolute atomic E-state index is 0. The van der Waals surface area contributed by atoms with Gasteiger partial charge in [-0.05, 0) is 38.0 Å². The number of aliphatic imine (C=N–C) groups is 1. The summed E-state index contributed by atoms with van der Waals surface area (Å²) in [7, 11) is 3.30. The third kappa shape index (κ3) is 9.01. The minimum atomic E-state index is -0.132. The van der Waals surface area contributed by atoms with Gasteiger partial charge in [-0.1, -0.05) is 19.9 Å². The Hall–Kier alpha value is -1.22. The van der Waals surface area contributed by atoms with E-state index in [0.29, 0.717) is 6.54 Å². The second kappa shape index (κ2) is 13.9. The smallest absolute Gasteiger partial charge is 0.191 e. The maximum absolute atomic E-state index is 5.42. The molecule has 0 saturated carbocycles. The molecule has 0 aliphatic carbocycles. The number of nitrogens with zero attached hydrogens (tertiary/aromatic N) is 1. The van der Waals surface area contributed by atoms with Crippen LogP contribution in [0.1, 0.15) is 39.7 Å². The lowest BCUT2D eigenvalue weighted by molar-refractivity contribution is 0.145. The highest BCUT2D eigenvalue weighted by molar-refractivity contribution is 14.0. The summed E-state index contributed by atoms with van der Waals surface area (Å²) in [4.78, 5) is 4.76. The van der Waals surface area contributed by atoms with Crippen LogP contribution in [0, 0.1) is 0 Å². The van der Waals surface area contributed by atoms with Crippen molar-refractivity contribution in [2.45, 2.75) is 39.5 Å². The van der Waals surface area contributed by atoms with E-state index < -0.39 is 0 Å². The van der Waals surface area contributed by atoms with Crippen LogP contribution in [-0.4, -0.2) is 53.0 Å². The van der Waals surface area contributed by atoms with Gasteiger partial charge < -0.3 is 24.8 Å². The molecule has 0 aromatic heterocycles. The summed E-state index contributed by atoms with van der Waals surface area (Å²) in [6.45, 7) is 12.3. The molecule has 0 atom stereocenters. The lowest BCUT2D eigenvalue weighted by atomic mass is 9.84. The fourth-order valence-electron chi connectivity index (χ4n) is 2.49. The summed E-state index contributed by atoms with van der Waals surface area (Å²) in [5.41, 5.74) is 1.03. The van der Waals surface area contributed by atoms with Crippen molar-refractivity contribution in [1.82, 2.24) is 10.6 Å². The first-order valence-electron chi connectivity index (χ1n) is 9.30. The van der Waals surface area contributed by atoms with E-state index in [1.54, 1.807) is 14.2 Å². The van der Waals surface area contributed by atoms with Crippen molar-refractivity contribution in [1.29, 1.82) is 0 Å². The molecule has 27 heavy (non-hydrogen) atoms. The fraction of sp³-hybridized carbons (Fsp3) is 0.650. The van der Waals surface area contributed by atoms with Crippen molar-refractivity contribution >= 4 is 29.9 Å². The van der Waals surface area contributed by atoms with Crippen LogP contribution < -0.4 is 20.1 Å². The molecule has 156 valence electrons. The van der Waals surface area contributed by atoms with Gasteiger partial charge >= 0.3 is 0 Å². The second-order valence-electron chi connectivity index (χ2n) is 6.63.